The third kappa shape index (κ3) is 5.32. The van der Waals surface area contributed by atoms with E-state index >= 15 is 0 Å². The van der Waals surface area contributed by atoms with Gasteiger partial charge < -0.3 is 14.4 Å². The van der Waals surface area contributed by atoms with Gasteiger partial charge in [0.2, 0.25) is 0 Å². The number of esters is 1. The number of likely N-dealkylation sites (tertiary alicyclic amines) is 1. The molecule has 1 heterocycles. The first kappa shape index (κ1) is 15.5. The fraction of sp³-hybridized carbons (Fsp3) is 0.714. The first-order valence-electron chi connectivity index (χ1n) is 6.59. The number of amides is 1. The Labute approximate surface area is 114 Å². The van der Waals surface area contributed by atoms with Crippen molar-refractivity contribution >= 4 is 12.1 Å². The van der Waals surface area contributed by atoms with E-state index in [1.54, 1.807) is 11.0 Å². The first-order chi connectivity index (χ1) is 8.83. The zero-order valence-electron chi connectivity index (χ0n) is 12.1. The van der Waals surface area contributed by atoms with Gasteiger partial charge in [-0.2, -0.15) is 0 Å². The molecule has 0 radical (unpaired) electrons. The Kier molecular flexibility index (Phi) is 5.39. The molecule has 0 aromatic rings. The zero-order valence-corrected chi connectivity index (χ0v) is 12.1. The van der Waals surface area contributed by atoms with Crippen LogP contribution < -0.4 is 0 Å². The summed E-state index contributed by atoms with van der Waals surface area (Å²) >= 11 is 0. The number of methoxy groups -OCH3 is 1. The summed E-state index contributed by atoms with van der Waals surface area (Å²) in [5.74, 6) is -0.408. The highest BCUT2D eigenvalue weighted by atomic mass is 16.6. The summed E-state index contributed by atoms with van der Waals surface area (Å²) < 4.78 is 9.93. The molecule has 0 saturated carbocycles. The topological polar surface area (TPSA) is 55.8 Å². The van der Waals surface area contributed by atoms with E-state index in [0.29, 0.717) is 6.54 Å². The van der Waals surface area contributed by atoms with Gasteiger partial charge in [-0.15, -0.1) is 0 Å². The smallest absolute Gasteiger partial charge is 0.410 e. The molecule has 0 bridgehead atoms. The summed E-state index contributed by atoms with van der Waals surface area (Å²) in [4.78, 5) is 24.9. The SMILES string of the molecule is COC(=O)C=C[C@@H]1CCCCN1C(=O)OC(C)(C)C. The average molecular weight is 269 g/mol. The maximum Gasteiger partial charge on any atom is 0.410 e. The van der Waals surface area contributed by atoms with E-state index in [1.165, 1.54) is 13.2 Å². The monoisotopic (exact) mass is 269 g/mol. The third-order valence-corrected chi connectivity index (χ3v) is 2.83. The molecule has 1 aliphatic rings. The largest absolute Gasteiger partial charge is 0.466 e. The minimum Gasteiger partial charge on any atom is -0.466 e. The van der Waals surface area contributed by atoms with Crippen LogP contribution >= 0.6 is 0 Å². The van der Waals surface area contributed by atoms with Crippen molar-refractivity contribution in [3.63, 3.8) is 0 Å². The Bertz CT molecular complexity index is 357. The lowest BCUT2D eigenvalue weighted by atomic mass is 10.0. The molecule has 0 unspecified atom stereocenters. The quantitative estimate of drug-likeness (QED) is 0.571. The van der Waals surface area contributed by atoms with Crippen molar-refractivity contribution in [2.24, 2.45) is 0 Å². The van der Waals surface area contributed by atoms with Crippen molar-refractivity contribution < 1.29 is 19.1 Å². The van der Waals surface area contributed by atoms with Gasteiger partial charge in [-0.25, -0.2) is 9.59 Å². The highest BCUT2D eigenvalue weighted by Crippen LogP contribution is 2.21. The van der Waals surface area contributed by atoms with Crippen molar-refractivity contribution in [3.8, 4) is 0 Å². The van der Waals surface area contributed by atoms with Crippen LogP contribution in [0.15, 0.2) is 12.2 Å². The number of hydrogen-bond acceptors (Lipinski definition) is 4. The Morgan fingerprint density at radius 2 is 1.95 bits per heavy atom. The minimum atomic E-state index is -0.509. The van der Waals surface area contributed by atoms with Crippen molar-refractivity contribution in [2.45, 2.75) is 51.7 Å². The van der Waals surface area contributed by atoms with Crippen molar-refractivity contribution in [2.75, 3.05) is 13.7 Å². The summed E-state index contributed by atoms with van der Waals surface area (Å²) in [7, 11) is 1.33. The van der Waals surface area contributed by atoms with Gasteiger partial charge >= 0.3 is 12.1 Å². The van der Waals surface area contributed by atoms with E-state index < -0.39 is 11.6 Å². The number of carbonyl (C=O) groups excluding carboxylic acids is 2. The molecular formula is C14H23NO4. The number of nitrogens with zero attached hydrogens (tertiary/aromatic N) is 1. The Balaban J connectivity index is 2.69. The molecule has 108 valence electrons. The summed E-state index contributed by atoms with van der Waals surface area (Å²) in [6.07, 6.45) is 5.60. The van der Waals surface area contributed by atoms with Crippen LogP contribution in [0.2, 0.25) is 0 Å². The Morgan fingerprint density at radius 1 is 1.26 bits per heavy atom. The van der Waals surface area contributed by atoms with E-state index in [2.05, 4.69) is 4.74 Å². The van der Waals surface area contributed by atoms with Crippen molar-refractivity contribution in [1.29, 1.82) is 0 Å². The lowest BCUT2D eigenvalue weighted by Crippen LogP contribution is -2.45. The second kappa shape index (κ2) is 6.59. The highest BCUT2D eigenvalue weighted by Gasteiger charge is 2.29. The first-order valence-corrected chi connectivity index (χ1v) is 6.59. The Morgan fingerprint density at radius 3 is 2.53 bits per heavy atom. The number of carbonyl (C=O) groups is 2. The molecule has 5 nitrogen and oxygen atoms in total. The summed E-state index contributed by atoms with van der Waals surface area (Å²) in [6, 6.07) is -0.0947. The molecule has 1 fully saturated rings. The standard InChI is InChI=1S/C14H23NO4/c1-14(2,3)19-13(17)15-10-6-5-7-11(15)8-9-12(16)18-4/h8-9,11H,5-7,10H2,1-4H3/t11-/m0/s1. The van der Waals surface area contributed by atoms with Crippen LogP contribution in [0.4, 0.5) is 4.79 Å². The predicted molar refractivity (Wildman–Crippen MR) is 71.7 cm³/mol. The molecule has 0 aliphatic carbocycles. The maximum absolute atomic E-state index is 12.1. The maximum atomic E-state index is 12.1. The van der Waals surface area contributed by atoms with Gasteiger partial charge in [-0.3, -0.25) is 0 Å². The molecule has 1 rings (SSSR count). The molecule has 1 atom stereocenters. The molecule has 19 heavy (non-hydrogen) atoms. The predicted octanol–water partition coefficient (Wildman–Crippen LogP) is 2.51. The van der Waals surface area contributed by atoms with Crippen molar-refractivity contribution in [1.82, 2.24) is 4.90 Å². The van der Waals surface area contributed by atoms with Gasteiger partial charge in [0.25, 0.3) is 0 Å². The van der Waals surface area contributed by atoms with Crippen molar-refractivity contribution in [3.05, 3.63) is 12.2 Å². The lowest BCUT2D eigenvalue weighted by Gasteiger charge is -2.35. The van der Waals surface area contributed by atoms with Gasteiger partial charge in [0, 0.05) is 12.6 Å². The normalized spacial score (nSPS) is 20.4. The van der Waals surface area contributed by atoms with E-state index in [1.807, 2.05) is 20.8 Å². The molecule has 1 amide bonds. The second-order valence-corrected chi connectivity index (χ2v) is 5.62. The third-order valence-electron chi connectivity index (χ3n) is 2.83. The van der Waals surface area contributed by atoms with Crippen LogP contribution in [-0.2, 0) is 14.3 Å². The molecule has 5 heteroatoms. The number of piperidine rings is 1. The lowest BCUT2D eigenvalue weighted by molar-refractivity contribution is -0.134. The summed E-state index contributed by atoms with van der Waals surface area (Å²) in [5, 5.41) is 0. The van der Waals surface area contributed by atoms with Gasteiger partial charge in [0.05, 0.1) is 13.2 Å². The van der Waals surface area contributed by atoms with E-state index in [0.717, 1.165) is 19.3 Å². The van der Waals surface area contributed by atoms with Gasteiger partial charge in [0.1, 0.15) is 5.60 Å². The van der Waals surface area contributed by atoms with E-state index in [9.17, 15) is 9.59 Å². The minimum absolute atomic E-state index is 0.0947. The van der Waals surface area contributed by atoms with Crippen LogP contribution in [0, 0.1) is 0 Å². The van der Waals surface area contributed by atoms with Gasteiger partial charge in [-0.05, 0) is 40.0 Å². The molecule has 1 aliphatic heterocycles. The van der Waals surface area contributed by atoms with Gasteiger partial charge in [0.15, 0.2) is 0 Å². The number of ether oxygens (including phenoxy) is 2. The molecule has 0 N–H and O–H groups in total. The molecular weight excluding hydrogens is 246 g/mol. The van der Waals surface area contributed by atoms with Crippen LogP contribution in [0.1, 0.15) is 40.0 Å². The molecule has 0 spiro atoms. The van der Waals surface area contributed by atoms with Gasteiger partial charge in [-0.1, -0.05) is 6.08 Å². The van der Waals surface area contributed by atoms with Crippen LogP contribution in [0.5, 0.6) is 0 Å². The average Bonchev–Trinajstić information content (AvgIpc) is 2.34. The summed E-state index contributed by atoms with van der Waals surface area (Å²) in [6.45, 7) is 6.18. The Hall–Kier alpha value is -1.52. The second-order valence-electron chi connectivity index (χ2n) is 5.62. The van der Waals surface area contributed by atoms with Crippen LogP contribution in [0.3, 0.4) is 0 Å². The zero-order chi connectivity index (χ0) is 14.5. The van der Waals surface area contributed by atoms with Crippen LogP contribution in [0.25, 0.3) is 0 Å². The van der Waals surface area contributed by atoms with E-state index in [-0.39, 0.29) is 12.1 Å². The molecule has 1 saturated heterocycles. The fourth-order valence-electron chi connectivity index (χ4n) is 1.96. The van der Waals surface area contributed by atoms with E-state index in [4.69, 9.17) is 4.74 Å². The molecule has 0 aromatic heterocycles. The number of hydrogen-bond donors (Lipinski definition) is 0. The molecule has 0 aromatic carbocycles. The fourth-order valence-corrected chi connectivity index (χ4v) is 1.96. The van der Waals surface area contributed by atoms with Crippen LogP contribution in [-0.4, -0.2) is 42.3 Å². The highest BCUT2D eigenvalue weighted by molar-refractivity contribution is 5.82. The number of rotatable bonds is 2. The summed E-state index contributed by atoms with van der Waals surface area (Å²) in [5.41, 5.74) is -0.509.